The fourth-order valence-electron chi connectivity index (χ4n) is 1.79. The van der Waals surface area contributed by atoms with E-state index in [1.807, 2.05) is 30.3 Å². The first-order chi connectivity index (χ1) is 9.84. The molecule has 0 unspecified atom stereocenters. The predicted molar refractivity (Wildman–Crippen MR) is 76.5 cm³/mol. The van der Waals surface area contributed by atoms with E-state index in [-0.39, 0.29) is 5.91 Å². The van der Waals surface area contributed by atoms with Gasteiger partial charge in [0.25, 0.3) is 0 Å². The molecule has 0 spiro atoms. The van der Waals surface area contributed by atoms with Crippen molar-refractivity contribution in [2.75, 3.05) is 13.2 Å². The number of nitrogens with zero attached hydrogens (tertiary/aromatic N) is 1. The standard InChI is InChI=1S/C15H19N3O2/c19-15(17-9-8-13-11-16-12-18-13)7-4-10-20-14-5-2-1-3-6-14/h1-3,5-6,11-12H,4,7-10H2,(H,16,18)(H,17,19). The van der Waals surface area contributed by atoms with Crippen LogP contribution >= 0.6 is 0 Å². The molecule has 1 aromatic heterocycles. The van der Waals surface area contributed by atoms with Gasteiger partial charge in [-0.05, 0) is 18.6 Å². The average Bonchev–Trinajstić information content (AvgIpc) is 2.98. The number of aromatic nitrogens is 2. The van der Waals surface area contributed by atoms with Gasteiger partial charge in [-0.1, -0.05) is 18.2 Å². The summed E-state index contributed by atoms with van der Waals surface area (Å²) >= 11 is 0. The molecular formula is C15H19N3O2. The molecule has 0 atom stereocenters. The molecule has 0 saturated carbocycles. The van der Waals surface area contributed by atoms with E-state index in [0.29, 0.717) is 26.0 Å². The Balaban J connectivity index is 1.52. The number of nitrogens with one attached hydrogen (secondary N) is 2. The average molecular weight is 273 g/mol. The summed E-state index contributed by atoms with van der Waals surface area (Å²) in [7, 11) is 0. The number of hydrogen-bond acceptors (Lipinski definition) is 3. The van der Waals surface area contributed by atoms with Gasteiger partial charge in [0, 0.05) is 31.3 Å². The molecule has 2 N–H and O–H groups in total. The minimum absolute atomic E-state index is 0.0566. The Morgan fingerprint density at radius 3 is 2.90 bits per heavy atom. The number of carbonyl (C=O) groups is 1. The van der Waals surface area contributed by atoms with Crippen molar-refractivity contribution in [1.29, 1.82) is 0 Å². The third-order valence-corrected chi connectivity index (χ3v) is 2.83. The van der Waals surface area contributed by atoms with Gasteiger partial charge < -0.3 is 15.0 Å². The zero-order chi connectivity index (χ0) is 14.0. The number of aromatic amines is 1. The number of benzene rings is 1. The zero-order valence-corrected chi connectivity index (χ0v) is 11.3. The van der Waals surface area contributed by atoms with E-state index in [1.54, 1.807) is 12.5 Å². The van der Waals surface area contributed by atoms with Crippen LogP contribution in [-0.2, 0) is 11.2 Å². The van der Waals surface area contributed by atoms with Gasteiger partial charge in [0.05, 0.1) is 12.9 Å². The largest absolute Gasteiger partial charge is 0.494 e. The number of hydrogen-bond donors (Lipinski definition) is 2. The molecular weight excluding hydrogens is 254 g/mol. The van der Waals surface area contributed by atoms with E-state index in [2.05, 4.69) is 15.3 Å². The summed E-state index contributed by atoms with van der Waals surface area (Å²) in [6.45, 7) is 1.18. The molecule has 2 rings (SSSR count). The van der Waals surface area contributed by atoms with E-state index < -0.39 is 0 Å². The number of carbonyl (C=O) groups excluding carboxylic acids is 1. The van der Waals surface area contributed by atoms with Crippen LogP contribution in [0.4, 0.5) is 0 Å². The Hall–Kier alpha value is -2.30. The number of amides is 1. The van der Waals surface area contributed by atoms with Gasteiger partial charge >= 0.3 is 0 Å². The van der Waals surface area contributed by atoms with E-state index in [1.165, 1.54) is 0 Å². The maximum absolute atomic E-state index is 11.6. The van der Waals surface area contributed by atoms with E-state index >= 15 is 0 Å². The first-order valence-electron chi connectivity index (χ1n) is 6.76. The van der Waals surface area contributed by atoms with Crippen molar-refractivity contribution in [1.82, 2.24) is 15.3 Å². The molecule has 0 bridgehead atoms. The van der Waals surface area contributed by atoms with Crippen LogP contribution < -0.4 is 10.1 Å². The van der Waals surface area contributed by atoms with Gasteiger partial charge in [0.15, 0.2) is 0 Å². The normalized spacial score (nSPS) is 10.2. The van der Waals surface area contributed by atoms with Crippen LogP contribution in [0.2, 0.25) is 0 Å². The molecule has 1 aromatic carbocycles. The third-order valence-electron chi connectivity index (χ3n) is 2.83. The SMILES string of the molecule is O=C(CCCOc1ccccc1)NCCc1cnc[nH]1. The topological polar surface area (TPSA) is 67.0 Å². The van der Waals surface area contributed by atoms with Gasteiger partial charge in [-0.3, -0.25) is 4.79 Å². The summed E-state index contributed by atoms with van der Waals surface area (Å²) in [6, 6.07) is 9.62. The lowest BCUT2D eigenvalue weighted by Crippen LogP contribution is -2.25. The summed E-state index contributed by atoms with van der Waals surface area (Å²) in [6.07, 6.45) is 5.37. The van der Waals surface area contributed by atoms with Crippen molar-refractivity contribution < 1.29 is 9.53 Å². The van der Waals surface area contributed by atoms with Crippen LogP contribution in [0.1, 0.15) is 18.5 Å². The highest BCUT2D eigenvalue weighted by molar-refractivity contribution is 5.75. The molecule has 1 amide bonds. The maximum atomic E-state index is 11.6. The first-order valence-corrected chi connectivity index (χ1v) is 6.76. The molecule has 0 saturated heterocycles. The summed E-state index contributed by atoms with van der Waals surface area (Å²) < 4.78 is 5.53. The second-order valence-corrected chi connectivity index (χ2v) is 4.44. The van der Waals surface area contributed by atoms with Gasteiger partial charge in [-0.15, -0.1) is 0 Å². The molecule has 5 heteroatoms. The van der Waals surface area contributed by atoms with Crippen molar-refractivity contribution in [2.24, 2.45) is 0 Å². The number of ether oxygens (including phenoxy) is 1. The maximum Gasteiger partial charge on any atom is 0.220 e. The second kappa shape index (κ2) is 7.99. The van der Waals surface area contributed by atoms with Crippen molar-refractivity contribution in [3.63, 3.8) is 0 Å². The van der Waals surface area contributed by atoms with Crippen LogP contribution in [0.15, 0.2) is 42.9 Å². The van der Waals surface area contributed by atoms with E-state index in [4.69, 9.17) is 4.74 Å². The van der Waals surface area contributed by atoms with Crippen molar-refractivity contribution >= 4 is 5.91 Å². The summed E-state index contributed by atoms with van der Waals surface area (Å²) in [4.78, 5) is 18.5. The van der Waals surface area contributed by atoms with Crippen LogP contribution in [0, 0.1) is 0 Å². The molecule has 0 aliphatic carbocycles. The fraction of sp³-hybridized carbons (Fsp3) is 0.333. The monoisotopic (exact) mass is 273 g/mol. The Labute approximate surface area is 118 Å². The number of para-hydroxylation sites is 1. The van der Waals surface area contributed by atoms with Crippen LogP contribution in [-0.4, -0.2) is 29.0 Å². The molecule has 2 aromatic rings. The molecule has 1 heterocycles. The lowest BCUT2D eigenvalue weighted by molar-refractivity contribution is -0.121. The Bertz CT molecular complexity index is 497. The molecule has 0 aliphatic rings. The van der Waals surface area contributed by atoms with Crippen LogP contribution in [0.3, 0.4) is 0 Å². The Morgan fingerprint density at radius 1 is 1.30 bits per heavy atom. The minimum atomic E-state index is 0.0566. The van der Waals surface area contributed by atoms with Gasteiger partial charge in [-0.2, -0.15) is 0 Å². The third kappa shape index (κ3) is 5.14. The molecule has 0 fully saturated rings. The summed E-state index contributed by atoms with van der Waals surface area (Å²) in [5, 5.41) is 2.88. The predicted octanol–water partition coefficient (Wildman–Crippen LogP) is 1.93. The molecule has 106 valence electrons. The minimum Gasteiger partial charge on any atom is -0.494 e. The fourth-order valence-corrected chi connectivity index (χ4v) is 1.79. The number of H-pyrrole nitrogens is 1. The highest BCUT2D eigenvalue weighted by atomic mass is 16.5. The summed E-state index contributed by atoms with van der Waals surface area (Å²) in [5.41, 5.74) is 1.03. The van der Waals surface area contributed by atoms with E-state index in [9.17, 15) is 4.79 Å². The highest BCUT2D eigenvalue weighted by Crippen LogP contribution is 2.08. The van der Waals surface area contributed by atoms with Crippen LogP contribution in [0.5, 0.6) is 5.75 Å². The number of rotatable bonds is 8. The lowest BCUT2D eigenvalue weighted by Gasteiger charge is -2.06. The molecule has 0 aliphatic heterocycles. The van der Waals surface area contributed by atoms with Gasteiger partial charge in [0.1, 0.15) is 5.75 Å². The molecule has 0 radical (unpaired) electrons. The van der Waals surface area contributed by atoms with Gasteiger partial charge in [0.2, 0.25) is 5.91 Å². The quantitative estimate of drug-likeness (QED) is 0.722. The first kappa shape index (κ1) is 14.1. The highest BCUT2D eigenvalue weighted by Gasteiger charge is 2.01. The number of imidazole rings is 1. The smallest absolute Gasteiger partial charge is 0.220 e. The Kier molecular flexibility index (Phi) is 5.64. The molecule has 20 heavy (non-hydrogen) atoms. The second-order valence-electron chi connectivity index (χ2n) is 4.44. The molecule has 5 nitrogen and oxygen atoms in total. The Morgan fingerprint density at radius 2 is 2.15 bits per heavy atom. The summed E-state index contributed by atoms with van der Waals surface area (Å²) in [5.74, 6) is 0.897. The lowest BCUT2D eigenvalue weighted by atomic mass is 10.3. The zero-order valence-electron chi connectivity index (χ0n) is 11.3. The van der Waals surface area contributed by atoms with Crippen LogP contribution in [0.25, 0.3) is 0 Å². The van der Waals surface area contributed by atoms with Gasteiger partial charge in [-0.25, -0.2) is 4.98 Å². The van der Waals surface area contributed by atoms with Crippen molar-refractivity contribution in [3.8, 4) is 5.75 Å². The van der Waals surface area contributed by atoms with Crippen molar-refractivity contribution in [3.05, 3.63) is 48.5 Å². The van der Waals surface area contributed by atoms with Crippen molar-refractivity contribution in [2.45, 2.75) is 19.3 Å². The van der Waals surface area contributed by atoms with E-state index in [0.717, 1.165) is 17.9 Å².